The van der Waals surface area contributed by atoms with E-state index in [-0.39, 0.29) is 0 Å². The highest BCUT2D eigenvalue weighted by molar-refractivity contribution is 5.22. The summed E-state index contributed by atoms with van der Waals surface area (Å²) in [5.41, 5.74) is 2.74. The molecular weight excluding hydrogens is 280 g/mol. The van der Waals surface area contributed by atoms with Gasteiger partial charge in [0.25, 0.3) is 0 Å². The Morgan fingerprint density at radius 3 is 2.30 bits per heavy atom. The van der Waals surface area contributed by atoms with Crippen LogP contribution < -0.4 is 0 Å². The third-order valence-electron chi connectivity index (χ3n) is 4.94. The van der Waals surface area contributed by atoms with Crippen LogP contribution in [0.15, 0.2) is 48.6 Å². The molecule has 1 nitrogen and oxygen atoms in total. The molecular formula is C22H32O. The molecule has 1 aliphatic carbocycles. The van der Waals surface area contributed by atoms with Gasteiger partial charge in [0.2, 0.25) is 0 Å². The maximum absolute atomic E-state index is 5.59. The van der Waals surface area contributed by atoms with Gasteiger partial charge < -0.3 is 4.74 Å². The molecule has 23 heavy (non-hydrogen) atoms. The molecule has 0 N–H and O–H groups in total. The fourth-order valence-electron chi connectivity index (χ4n) is 3.46. The SMILES string of the molecule is C/C=C\[C@H]1CC[C@H](CCc2ccc(COC/C=C/C)cc2)CC1. The number of rotatable bonds is 8. The average Bonchev–Trinajstić information content (AvgIpc) is 2.59. The van der Waals surface area contributed by atoms with E-state index in [2.05, 4.69) is 43.3 Å². The summed E-state index contributed by atoms with van der Waals surface area (Å²) in [5, 5.41) is 0. The van der Waals surface area contributed by atoms with Gasteiger partial charge in [-0.3, -0.25) is 0 Å². The summed E-state index contributed by atoms with van der Waals surface area (Å²) in [4.78, 5) is 0. The first-order chi connectivity index (χ1) is 11.3. The number of ether oxygens (including phenoxy) is 1. The minimum absolute atomic E-state index is 0.703. The van der Waals surface area contributed by atoms with E-state index in [1.807, 2.05) is 19.1 Å². The van der Waals surface area contributed by atoms with E-state index in [9.17, 15) is 0 Å². The van der Waals surface area contributed by atoms with Crippen LogP contribution in [0.3, 0.4) is 0 Å². The summed E-state index contributed by atoms with van der Waals surface area (Å²) in [7, 11) is 0. The maximum atomic E-state index is 5.59. The summed E-state index contributed by atoms with van der Waals surface area (Å²) in [6, 6.07) is 8.99. The lowest BCUT2D eigenvalue weighted by molar-refractivity contribution is 0.148. The highest BCUT2D eigenvalue weighted by atomic mass is 16.5. The predicted molar refractivity (Wildman–Crippen MR) is 99.5 cm³/mol. The molecule has 0 amide bonds. The zero-order valence-electron chi connectivity index (χ0n) is 14.8. The van der Waals surface area contributed by atoms with Crippen molar-refractivity contribution in [2.24, 2.45) is 11.8 Å². The van der Waals surface area contributed by atoms with Crippen LogP contribution in [0.2, 0.25) is 0 Å². The first kappa shape index (κ1) is 18.0. The molecule has 0 radical (unpaired) electrons. The molecule has 1 aromatic carbocycles. The van der Waals surface area contributed by atoms with Crippen LogP contribution in [0.5, 0.6) is 0 Å². The van der Waals surface area contributed by atoms with Gasteiger partial charge in [0, 0.05) is 0 Å². The standard InChI is InChI=1S/C22H32O/c1-3-5-17-23-18-22-15-13-21(14-16-22)12-11-20-9-7-19(6-4-2)8-10-20/h3-6,13-16,19-20H,7-12,17-18H2,1-2H3/b5-3+,6-4-/t19-,20-. The Bertz CT molecular complexity index is 475. The number of aryl methyl sites for hydroxylation is 1. The van der Waals surface area contributed by atoms with Crippen molar-refractivity contribution in [2.45, 2.75) is 59.0 Å². The van der Waals surface area contributed by atoms with Gasteiger partial charge in [-0.15, -0.1) is 0 Å². The Kier molecular flexibility index (Phi) is 8.17. The van der Waals surface area contributed by atoms with Gasteiger partial charge in [-0.2, -0.15) is 0 Å². The quantitative estimate of drug-likeness (QED) is 0.416. The topological polar surface area (TPSA) is 9.23 Å². The lowest BCUT2D eigenvalue weighted by Crippen LogP contribution is -2.13. The molecule has 1 aliphatic rings. The molecule has 0 bridgehead atoms. The second-order valence-corrected chi connectivity index (χ2v) is 6.75. The number of allylic oxidation sites excluding steroid dienone is 3. The van der Waals surface area contributed by atoms with Crippen LogP contribution in [0, 0.1) is 11.8 Å². The summed E-state index contributed by atoms with van der Waals surface area (Å²) in [6.45, 7) is 5.57. The Labute approximate surface area is 142 Å². The van der Waals surface area contributed by atoms with Crippen LogP contribution in [-0.2, 0) is 17.8 Å². The first-order valence-electron chi connectivity index (χ1n) is 9.21. The average molecular weight is 312 g/mol. The zero-order chi connectivity index (χ0) is 16.3. The van der Waals surface area contributed by atoms with Crippen LogP contribution in [-0.4, -0.2) is 6.61 Å². The van der Waals surface area contributed by atoms with E-state index in [1.54, 1.807) is 0 Å². The second kappa shape index (κ2) is 10.4. The van der Waals surface area contributed by atoms with E-state index in [1.165, 1.54) is 49.7 Å². The van der Waals surface area contributed by atoms with E-state index < -0.39 is 0 Å². The Hall–Kier alpha value is -1.34. The van der Waals surface area contributed by atoms with Gasteiger partial charge in [-0.05, 0) is 75.3 Å². The van der Waals surface area contributed by atoms with Crippen molar-refractivity contribution < 1.29 is 4.74 Å². The second-order valence-electron chi connectivity index (χ2n) is 6.75. The van der Waals surface area contributed by atoms with Crippen molar-refractivity contribution >= 4 is 0 Å². The number of benzene rings is 1. The fourth-order valence-corrected chi connectivity index (χ4v) is 3.46. The summed E-state index contributed by atoms with van der Waals surface area (Å²) >= 11 is 0. The molecule has 1 heteroatoms. The monoisotopic (exact) mass is 312 g/mol. The van der Waals surface area contributed by atoms with Crippen molar-refractivity contribution in [1.82, 2.24) is 0 Å². The van der Waals surface area contributed by atoms with Gasteiger partial charge in [0.15, 0.2) is 0 Å². The van der Waals surface area contributed by atoms with Crippen LogP contribution in [0.4, 0.5) is 0 Å². The Morgan fingerprint density at radius 2 is 1.65 bits per heavy atom. The number of hydrogen-bond acceptors (Lipinski definition) is 1. The minimum atomic E-state index is 0.703. The third-order valence-corrected chi connectivity index (χ3v) is 4.94. The Balaban J connectivity index is 1.68. The van der Waals surface area contributed by atoms with E-state index in [0.29, 0.717) is 13.2 Å². The summed E-state index contributed by atoms with van der Waals surface area (Å²) < 4.78 is 5.59. The van der Waals surface area contributed by atoms with Crippen LogP contribution >= 0.6 is 0 Å². The normalized spacial score (nSPS) is 22.2. The Morgan fingerprint density at radius 1 is 0.957 bits per heavy atom. The van der Waals surface area contributed by atoms with Gasteiger partial charge in [0.1, 0.15) is 0 Å². The van der Waals surface area contributed by atoms with Crippen molar-refractivity contribution in [3.63, 3.8) is 0 Å². The molecule has 2 rings (SSSR count). The predicted octanol–water partition coefficient (Wildman–Crippen LogP) is 6.09. The highest BCUT2D eigenvalue weighted by Gasteiger charge is 2.18. The molecule has 0 saturated heterocycles. The number of hydrogen-bond donors (Lipinski definition) is 0. The van der Waals surface area contributed by atoms with E-state index >= 15 is 0 Å². The zero-order valence-corrected chi connectivity index (χ0v) is 14.8. The fraction of sp³-hybridized carbons (Fsp3) is 0.545. The summed E-state index contributed by atoms with van der Waals surface area (Å²) in [6.07, 6.45) is 16.8. The van der Waals surface area contributed by atoms with Crippen LogP contribution in [0.1, 0.15) is 57.1 Å². The van der Waals surface area contributed by atoms with Gasteiger partial charge >= 0.3 is 0 Å². The third kappa shape index (κ3) is 6.74. The molecule has 0 atom stereocenters. The molecule has 1 saturated carbocycles. The molecule has 0 aliphatic heterocycles. The molecule has 1 fully saturated rings. The smallest absolute Gasteiger partial charge is 0.0721 e. The molecule has 126 valence electrons. The van der Waals surface area contributed by atoms with Gasteiger partial charge in [-0.1, -0.05) is 48.6 Å². The lowest BCUT2D eigenvalue weighted by atomic mass is 9.79. The first-order valence-corrected chi connectivity index (χ1v) is 9.21. The van der Waals surface area contributed by atoms with Gasteiger partial charge in [0.05, 0.1) is 13.2 Å². The highest BCUT2D eigenvalue weighted by Crippen LogP contribution is 2.32. The van der Waals surface area contributed by atoms with Crippen molar-refractivity contribution in [3.8, 4) is 0 Å². The van der Waals surface area contributed by atoms with Crippen LogP contribution in [0.25, 0.3) is 0 Å². The molecule has 0 aromatic heterocycles. The lowest BCUT2D eigenvalue weighted by Gasteiger charge is -2.26. The maximum Gasteiger partial charge on any atom is 0.0721 e. The largest absolute Gasteiger partial charge is 0.373 e. The van der Waals surface area contributed by atoms with Crippen molar-refractivity contribution in [2.75, 3.05) is 6.61 Å². The van der Waals surface area contributed by atoms with Crippen molar-refractivity contribution in [3.05, 3.63) is 59.7 Å². The molecule has 0 spiro atoms. The molecule has 0 heterocycles. The molecule has 0 unspecified atom stereocenters. The van der Waals surface area contributed by atoms with E-state index in [4.69, 9.17) is 4.74 Å². The summed E-state index contributed by atoms with van der Waals surface area (Å²) in [5.74, 6) is 1.78. The molecule has 1 aromatic rings. The minimum Gasteiger partial charge on any atom is -0.373 e. The van der Waals surface area contributed by atoms with Crippen molar-refractivity contribution in [1.29, 1.82) is 0 Å². The van der Waals surface area contributed by atoms with E-state index in [0.717, 1.165) is 11.8 Å². The van der Waals surface area contributed by atoms with Gasteiger partial charge in [-0.25, -0.2) is 0 Å².